The summed E-state index contributed by atoms with van der Waals surface area (Å²) in [6.07, 6.45) is 0.599. The maximum Gasteiger partial charge on any atom is 0.274 e. The van der Waals surface area contributed by atoms with E-state index in [1.807, 2.05) is 25.8 Å². The molecule has 3 N–H and O–H groups in total. The summed E-state index contributed by atoms with van der Waals surface area (Å²) in [6.45, 7) is 4.43. The van der Waals surface area contributed by atoms with Crippen LogP contribution in [0.5, 0.6) is 0 Å². The third-order valence-electron chi connectivity index (χ3n) is 4.08. The van der Waals surface area contributed by atoms with Crippen LogP contribution in [-0.2, 0) is 11.2 Å². The maximum atomic E-state index is 13.5. The Kier molecular flexibility index (Phi) is 5.15. The minimum absolute atomic E-state index is 0.0164. The van der Waals surface area contributed by atoms with Gasteiger partial charge in [-0.1, -0.05) is 23.4 Å². The number of amides is 1. The molecule has 1 aromatic carbocycles. The first kappa shape index (κ1) is 17.9. The summed E-state index contributed by atoms with van der Waals surface area (Å²) in [5, 5.41) is 10.6. The molecule has 0 saturated carbocycles. The highest BCUT2D eigenvalue weighted by Crippen LogP contribution is 2.31. The van der Waals surface area contributed by atoms with Gasteiger partial charge in [0.05, 0.1) is 17.1 Å². The van der Waals surface area contributed by atoms with Gasteiger partial charge in [0.2, 0.25) is 0 Å². The Morgan fingerprint density at radius 1 is 1.40 bits per heavy atom. The topological polar surface area (TPSA) is 56.4 Å². The van der Waals surface area contributed by atoms with Crippen molar-refractivity contribution >= 4 is 29.3 Å². The molecular weight excluding hydrogens is 363 g/mol. The van der Waals surface area contributed by atoms with Crippen molar-refractivity contribution in [3.63, 3.8) is 0 Å². The Hall–Kier alpha value is -1.86. The summed E-state index contributed by atoms with van der Waals surface area (Å²) in [7, 11) is 1.87. The number of carbonyl (C=O) groups is 1. The van der Waals surface area contributed by atoms with Gasteiger partial charge in [0.1, 0.15) is 11.5 Å². The number of benzene rings is 1. The quantitative estimate of drug-likeness (QED) is 0.747. The third-order valence-corrected chi connectivity index (χ3v) is 5.51. The average Bonchev–Trinajstić information content (AvgIpc) is 3.00. The van der Waals surface area contributed by atoms with E-state index in [9.17, 15) is 9.18 Å². The normalized spacial score (nSPS) is 20.0. The molecule has 3 rings (SSSR count). The molecule has 0 saturated heterocycles. The number of hydrogen-bond acceptors (Lipinski definition) is 5. The minimum Gasteiger partial charge on any atom is -0.374 e. The molecule has 0 spiro atoms. The lowest BCUT2D eigenvalue weighted by Crippen LogP contribution is -2.30. The minimum atomic E-state index is -0.345. The molecule has 0 aromatic heterocycles. The summed E-state index contributed by atoms with van der Waals surface area (Å²) in [6, 6.07) is 4.52. The molecular formula is C17H20ClFN4OS. The van der Waals surface area contributed by atoms with Crippen molar-refractivity contribution in [2.75, 3.05) is 13.7 Å². The van der Waals surface area contributed by atoms with Crippen LogP contribution in [0.3, 0.4) is 0 Å². The van der Waals surface area contributed by atoms with E-state index in [0.717, 1.165) is 22.0 Å². The van der Waals surface area contributed by atoms with Gasteiger partial charge in [0, 0.05) is 29.9 Å². The number of carbonyl (C=O) groups excluding carboxylic acids is 1. The first-order chi connectivity index (χ1) is 11.8. The van der Waals surface area contributed by atoms with E-state index in [-0.39, 0.29) is 17.1 Å². The number of rotatable bonds is 4. The van der Waals surface area contributed by atoms with Gasteiger partial charge in [0.15, 0.2) is 0 Å². The summed E-state index contributed by atoms with van der Waals surface area (Å²) in [4.78, 5) is 14.4. The zero-order valence-corrected chi connectivity index (χ0v) is 15.8. The zero-order chi connectivity index (χ0) is 18.1. The van der Waals surface area contributed by atoms with Crippen molar-refractivity contribution < 1.29 is 9.18 Å². The standard InChI is InChI=1S/C17H20ClFN4OS/c1-9-15(23(3)8-20-9)16(24)22-17-10(2)21-14(25-17)6-11-4-12(18)7-13(19)5-11/h4-5,7,14,20-21H,6,8H2,1-3H3,(H,22,24). The predicted molar refractivity (Wildman–Crippen MR) is 98.9 cm³/mol. The van der Waals surface area contributed by atoms with Crippen LogP contribution in [0.15, 0.2) is 40.3 Å². The average molecular weight is 383 g/mol. The molecule has 2 aliphatic rings. The highest BCUT2D eigenvalue weighted by molar-refractivity contribution is 8.03. The number of halogens is 2. The molecule has 5 nitrogen and oxygen atoms in total. The lowest BCUT2D eigenvalue weighted by Gasteiger charge is -2.15. The van der Waals surface area contributed by atoms with Crippen molar-refractivity contribution in [1.82, 2.24) is 20.9 Å². The van der Waals surface area contributed by atoms with Crippen LogP contribution in [0.4, 0.5) is 4.39 Å². The Balaban J connectivity index is 1.64. The van der Waals surface area contributed by atoms with Crippen LogP contribution in [0.2, 0.25) is 5.02 Å². The van der Waals surface area contributed by atoms with Gasteiger partial charge in [-0.25, -0.2) is 4.39 Å². The molecule has 25 heavy (non-hydrogen) atoms. The fraction of sp³-hybridized carbons (Fsp3) is 0.353. The fourth-order valence-corrected chi connectivity index (χ4v) is 4.35. The molecule has 0 bridgehead atoms. The van der Waals surface area contributed by atoms with Gasteiger partial charge < -0.3 is 20.9 Å². The van der Waals surface area contributed by atoms with E-state index in [1.54, 1.807) is 6.07 Å². The molecule has 1 unspecified atom stereocenters. The number of nitrogens with zero attached hydrogens (tertiary/aromatic N) is 1. The largest absolute Gasteiger partial charge is 0.374 e. The van der Waals surface area contributed by atoms with Crippen LogP contribution in [0, 0.1) is 5.82 Å². The van der Waals surface area contributed by atoms with Crippen LogP contribution in [0.25, 0.3) is 0 Å². The smallest absolute Gasteiger partial charge is 0.274 e. The molecule has 0 aliphatic carbocycles. The van der Waals surface area contributed by atoms with Crippen molar-refractivity contribution in [2.24, 2.45) is 0 Å². The Morgan fingerprint density at radius 3 is 2.80 bits per heavy atom. The van der Waals surface area contributed by atoms with Gasteiger partial charge in [-0.2, -0.15) is 0 Å². The number of hydrogen-bond donors (Lipinski definition) is 3. The molecule has 134 valence electrons. The lowest BCUT2D eigenvalue weighted by atomic mass is 10.1. The van der Waals surface area contributed by atoms with E-state index >= 15 is 0 Å². The highest BCUT2D eigenvalue weighted by atomic mass is 35.5. The maximum absolute atomic E-state index is 13.5. The van der Waals surface area contributed by atoms with Gasteiger partial charge in [-0.05, 0) is 37.6 Å². The van der Waals surface area contributed by atoms with Gasteiger partial charge in [-0.15, -0.1) is 0 Å². The number of nitrogens with one attached hydrogen (secondary N) is 3. The zero-order valence-electron chi connectivity index (χ0n) is 14.2. The molecule has 0 fully saturated rings. The number of thioether (sulfide) groups is 1. The van der Waals surface area contributed by atoms with Gasteiger partial charge in [0.25, 0.3) is 5.91 Å². The molecule has 2 aliphatic heterocycles. The van der Waals surface area contributed by atoms with E-state index < -0.39 is 0 Å². The molecule has 8 heteroatoms. The van der Waals surface area contributed by atoms with E-state index in [0.29, 0.717) is 23.8 Å². The summed E-state index contributed by atoms with van der Waals surface area (Å²) in [5.74, 6) is -0.481. The molecule has 2 heterocycles. The van der Waals surface area contributed by atoms with Crippen LogP contribution >= 0.6 is 23.4 Å². The molecule has 1 atom stereocenters. The van der Waals surface area contributed by atoms with E-state index in [1.165, 1.54) is 23.9 Å². The van der Waals surface area contributed by atoms with Crippen LogP contribution in [0.1, 0.15) is 19.4 Å². The first-order valence-corrected chi connectivity index (χ1v) is 9.15. The Bertz CT molecular complexity index is 760. The van der Waals surface area contributed by atoms with Crippen molar-refractivity contribution in [2.45, 2.75) is 25.6 Å². The van der Waals surface area contributed by atoms with E-state index in [4.69, 9.17) is 11.6 Å². The first-order valence-electron chi connectivity index (χ1n) is 7.90. The van der Waals surface area contributed by atoms with Gasteiger partial charge >= 0.3 is 0 Å². The molecule has 0 radical (unpaired) electrons. The highest BCUT2D eigenvalue weighted by Gasteiger charge is 2.28. The lowest BCUT2D eigenvalue weighted by molar-refractivity contribution is -0.117. The Morgan fingerprint density at radius 2 is 2.16 bits per heavy atom. The second-order valence-corrected chi connectivity index (χ2v) is 7.80. The monoisotopic (exact) mass is 382 g/mol. The SMILES string of the molecule is CC1=C(NC(=O)C2=C(C)NCN2C)SC(Cc2cc(F)cc(Cl)c2)N1. The predicted octanol–water partition coefficient (Wildman–Crippen LogP) is 2.71. The summed E-state index contributed by atoms with van der Waals surface area (Å²) in [5.41, 5.74) is 3.22. The van der Waals surface area contributed by atoms with E-state index in [2.05, 4.69) is 16.0 Å². The molecule has 1 aromatic rings. The second-order valence-electron chi connectivity index (χ2n) is 6.15. The second kappa shape index (κ2) is 7.17. The number of likely N-dealkylation sites (N-methyl/N-ethyl adjacent to an activating group) is 1. The van der Waals surface area contributed by atoms with Gasteiger partial charge in [-0.3, -0.25) is 4.79 Å². The van der Waals surface area contributed by atoms with Crippen molar-refractivity contribution in [3.05, 3.63) is 56.7 Å². The van der Waals surface area contributed by atoms with Crippen molar-refractivity contribution in [1.29, 1.82) is 0 Å². The van der Waals surface area contributed by atoms with Crippen LogP contribution < -0.4 is 16.0 Å². The third kappa shape index (κ3) is 4.04. The fourth-order valence-electron chi connectivity index (χ4n) is 2.92. The van der Waals surface area contributed by atoms with Crippen molar-refractivity contribution in [3.8, 4) is 0 Å². The Labute approximate surface area is 155 Å². The molecule has 1 amide bonds. The van der Waals surface area contributed by atoms with Crippen LogP contribution in [-0.4, -0.2) is 29.9 Å². The summed E-state index contributed by atoms with van der Waals surface area (Å²) < 4.78 is 13.5. The summed E-state index contributed by atoms with van der Waals surface area (Å²) >= 11 is 7.44. The number of allylic oxidation sites excluding steroid dienone is 2.